The molecule has 0 unspecified atom stereocenters. The van der Waals surface area contributed by atoms with Crippen LogP contribution in [-0.2, 0) is 14.8 Å². The van der Waals surface area contributed by atoms with Gasteiger partial charge in [-0.05, 0) is 60.2 Å². The van der Waals surface area contributed by atoms with Gasteiger partial charge in [0.15, 0.2) is 0 Å². The Bertz CT molecular complexity index is 1470. The molecule has 4 aromatic rings. The lowest BCUT2D eigenvalue weighted by atomic mass is 10.1. The van der Waals surface area contributed by atoms with E-state index < -0.39 is 27.7 Å². The monoisotopic (exact) mass is 510 g/mol. The maximum absolute atomic E-state index is 13.1. The molecule has 2 N–H and O–H groups in total. The molecule has 0 saturated heterocycles. The Balaban J connectivity index is 1.52. The average Bonchev–Trinajstić information content (AvgIpc) is 3.28. The molecule has 7 nitrogen and oxygen atoms in total. The number of nitrogens with one attached hydrogen (secondary N) is 2. The van der Waals surface area contributed by atoms with Crippen LogP contribution in [0.5, 0.6) is 0 Å². The molecule has 1 aromatic heterocycles. The second kappa shape index (κ2) is 10.1. The summed E-state index contributed by atoms with van der Waals surface area (Å²) < 4.78 is 45.2. The molecule has 0 fully saturated rings. The number of hydrogen-bond donors (Lipinski definition) is 2. The van der Waals surface area contributed by atoms with Gasteiger partial charge >= 0.3 is 5.97 Å². The number of amides is 1. The molecule has 3 aromatic carbocycles. The highest BCUT2D eigenvalue weighted by molar-refractivity contribution is 7.92. The molecule has 0 saturated carbocycles. The number of carbonyl (C=O) groups excluding carboxylic acids is 2. The number of sulfonamides is 1. The lowest BCUT2D eigenvalue weighted by Gasteiger charge is -2.09. The van der Waals surface area contributed by atoms with Gasteiger partial charge in [0.05, 0.1) is 17.7 Å². The van der Waals surface area contributed by atoms with Crippen molar-refractivity contribution in [1.29, 1.82) is 0 Å². The van der Waals surface area contributed by atoms with Gasteiger partial charge in [-0.2, -0.15) is 0 Å². The molecular formula is C25H19FN2O5S2. The Hall–Kier alpha value is -4.02. The van der Waals surface area contributed by atoms with E-state index >= 15 is 0 Å². The van der Waals surface area contributed by atoms with E-state index in [2.05, 4.69) is 10.0 Å². The first-order chi connectivity index (χ1) is 16.8. The zero-order valence-corrected chi connectivity index (χ0v) is 20.0. The highest BCUT2D eigenvalue weighted by Gasteiger charge is 2.20. The van der Waals surface area contributed by atoms with Crippen LogP contribution >= 0.6 is 11.3 Å². The molecule has 0 radical (unpaired) electrons. The minimum Gasteiger partial charge on any atom is -0.465 e. The molecule has 0 aliphatic heterocycles. The van der Waals surface area contributed by atoms with Crippen LogP contribution in [0.25, 0.3) is 10.4 Å². The fraction of sp³-hybridized carbons (Fsp3) is 0.0400. The summed E-state index contributed by atoms with van der Waals surface area (Å²) in [4.78, 5) is 26.0. The van der Waals surface area contributed by atoms with Crippen molar-refractivity contribution in [2.75, 3.05) is 17.1 Å². The average molecular weight is 511 g/mol. The zero-order chi connectivity index (χ0) is 25.0. The minimum absolute atomic E-state index is 0.0947. The maximum Gasteiger partial charge on any atom is 0.350 e. The van der Waals surface area contributed by atoms with Crippen molar-refractivity contribution in [2.24, 2.45) is 0 Å². The van der Waals surface area contributed by atoms with Crippen molar-refractivity contribution < 1.29 is 27.1 Å². The van der Waals surface area contributed by atoms with Crippen molar-refractivity contribution in [2.45, 2.75) is 4.90 Å². The standard InChI is InChI=1S/C25H19FN2O5S2/c1-33-25(30)23-21(15-22(34-23)16-5-3-2-4-6-16)27-24(29)17-7-11-19(12-8-17)28-35(31,32)20-13-9-18(26)10-14-20/h2-15,28H,1H3,(H,27,29). The third-order valence-corrected chi connectivity index (χ3v) is 7.49. The van der Waals surface area contributed by atoms with E-state index in [4.69, 9.17) is 4.74 Å². The molecule has 0 spiro atoms. The summed E-state index contributed by atoms with van der Waals surface area (Å²) in [6.45, 7) is 0. The summed E-state index contributed by atoms with van der Waals surface area (Å²) in [7, 11) is -2.66. The quantitative estimate of drug-likeness (QED) is 0.325. The van der Waals surface area contributed by atoms with Gasteiger partial charge in [0, 0.05) is 16.1 Å². The largest absolute Gasteiger partial charge is 0.465 e. The molecule has 1 heterocycles. The smallest absolute Gasteiger partial charge is 0.350 e. The van der Waals surface area contributed by atoms with E-state index in [0.717, 1.165) is 34.7 Å². The number of rotatable bonds is 7. The number of anilines is 2. The van der Waals surface area contributed by atoms with Gasteiger partial charge in [0.2, 0.25) is 0 Å². The van der Waals surface area contributed by atoms with Gasteiger partial charge in [-0.15, -0.1) is 11.3 Å². The minimum atomic E-state index is -3.92. The number of carbonyl (C=O) groups is 2. The maximum atomic E-state index is 13.1. The van der Waals surface area contributed by atoms with Crippen LogP contribution in [0.4, 0.5) is 15.8 Å². The van der Waals surface area contributed by atoms with Crippen molar-refractivity contribution >= 4 is 44.6 Å². The molecular weight excluding hydrogens is 491 g/mol. The number of thiophene rings is 1. The van der Waals surface area contributed by atoms with Crippen LogP contribution < -0.4 is 10.0 Å². The van der Waals surface area contributed by atoms with Gasteiger partial charge in [-0.1, -0.05) is 30.3 Å². The fourth-order valence-electron chi connectivity index (χ4n) is 3.18. The Morgan fingerprint density at radius 3 is 2.20 bits per heavy atom. The number of esters is 1. The molecule has 0 bridgehead atoms. The van der Waals surface area contributed by atoms with Gasteiger partial charge < -0.3 is 10.1 Å². The van der Waals surface area contributed by atoms with Crippen molar-refractivity contribution in [3.05, 3.63) is 101 Å². The zero-order valence-electron chi connectivity index (χ0n) is 18.3. The molecule has 0 aliphatic rings. The summed E-state index contributed by atoms with van der Waals surface area (Å²) in [5, 5.41) is 2.73. The SMILES string of the molecule is COC(=O)c1sc(-c2ccccc2)cc1NC(=O)c1ccc(NS(=O)(=O)c2ccc(F)cc2)cc1. The summed E-state index contributed by atoms with van der Waals surface area (Å²) in [5.74, 6) is -1.60. The van der Waals surface area contributed by atoms with E-state index in [1.165, 1.54) is 42.7 Å². The second-order valence-corrected chi connectivity index (χ2v) is 10.0. The predicted molar refractivity (Wildman–Crippen MR) is 133 cm³/mol. The summed E-state index contributed by atoms with van der Waals surface area (Å²) in [6, 6.07) is 21.3. The first kappa shape index (κ1) is 24.1. The van der Waals surface area contributed by atoms with Gasteiger partial charge in [-0.25, -0.2) is 17.6 Å². The third kappa shape index (κ3) is 5.56. The van der Waals surface area contributed by atoms with Crippen LogP contribution in [0.3, 0.4) is 0 Å². The highest BCUT2D eigenvalue weighted by Crippen LogP contribution is 2.35. The molecule has 178 valence electrons. The number of ether oxygens (including phenoxy) is 1. The normalized spacial score (nSPS) is 11.0. The van der Waals surface area contributed by atoms with Gasteiger partial charge in [0.1, 0.15) is 10.7 Å². The number of halogens is 1. The van der Waals surface area contributed by atoms with Crippen LogP contribution in [0.15, 0.2) is 89.8 Å². The van der Waals surface area contributed by atoms with E-state index in [1.807, 2.05) is 30.3 Å². The van der Waals surface area contributed by atoms with E-state index in [-0.39, 0.29) is 21.0 Å². The summed E-state index contributed by atoms with van der Waals surface area (Å²) >= 11 is 1.20. The molecule has 4 rings (SSSR count). The first-order valence-electron chi connectivity index (χ1n) is 10.2. The van der Waals surface area contributed by atoms with Crippen LogP contribution in [0, 0.1) is 5.82 Å². The van der Waals surface area contributed by atoms with E-state index in [9.17, 15) is 22.4 Å². The van der Waals surface area contributed by atoms with Crippen LogP contribution in [-0.4, -0.2) is 27.4 Å². The Kier molecular flexibility index (Phi) is 6.94. The Morgan fingerprint density at radius 2 is 1.57 bits per heavy atom. The highest BCUT2D eigenvalue weighted by atomic mass is 32.2. The Labute approximate surface area is 205 Å². The molecule has 0 atom stereocenters. The summed E-state index contributed by atoms with van der Waals surface area (Å²) in [6.07, 6.45) is 0. The summed E-state index contributed by atoms with van der Waals surface area (Å²) in [5.41, 5.74) is 1.67. The lowest BCUT2D eigenvalue weighted by molar-refractivity contribution is 0.0607. The topological polar surface area (TPSA) is 102 Å². The van der Waals surface area contributed by atoms with Crippen molar-refractivity contribution in [1.82, 2.24) is 0 Å². The molecule has 35 heavy (non-hydrogen) atoms. The van der Waals surface area contributed by atoms with Gasteiger partial charge in [0.25, 0.3) is 15.9 Å². The number of methoxy groups -OCH3 is 1. The molecule has 0 aliphatic carbocycles. The first-order valence-corrected chi connectivity index (χ1v) is 12.5. The van der Waals surface area contributed by atoms with Crippen LogP contribution in [0.2, 0.25) is 0 Å². The Morgan fingerprint density at radius 1 is 0.914 bits per heavy atom. The fourth-order valence-corrected chi connectivity index (χ4v) is 5.28. The lowest BCUT2D eigenvalue weighted by Crippen LogP contribution is -2.15. The third-order valence-electron chi connectivity index (χ3n) is 4.93. The van der Waals surface area contributed by atoms with Crippen molar-refractivity contribution in [3.8, 4) is 10.4 Å². The molecule has 10 heteroatoms. The van der Waals surface area contributed by atoms with Gasteiger partial charge in [-0.3, -0.25) is 9.52 Å². The van der Waals surface area contributed by atoms with Crippen molar-refractivity contribution in [3.63, 3.8) is 0 Å². The van der Waals surface area contributed by atoms with E-state index in [0.29, 0.717) is 5.69 Å². The number of benzene rings is 3. The van der Waals surface area contributed by atoms with Crippen LogP contribution in [0.1, 0.15) is 20.0 Å². The number of hydrogen-bond acceptors (Lipinski definition) is 6. The second-order valence-electron chi connectivity index (χ2n) is 7.30. The molecule has 1 amide bonds. The predicted octanol–water partition coefficient (Wildman–Crippen LogP) is 5.39. The van der Waals surface area contributed by atoms with E-state index in [1.54, 1.807) is 6.07 Å².